The average Bonchev–Trinajstić information content (AvgIpc) is 2.96. The highest BCUT2D eigenvalue weighted by Crippen LogP contribution is 2.33. The summed E-state index contributed by atoms with van der Waals surface area (Å²) >= 11 is 0. The summed E-state index contributed by atoms with van der Waals surface area (Å²) in [6.45, 7) is 9.46. The van der Waals surface area contributed by atoms with Crippen molar-refractivity contribution in [3.63, 3.8) is 0 Å². The molecule has 0 saturated carbocycles. The number of sulfonamides is 1. The largest absolute Gasteiger partial charge is 0.492 e. The second kappa shape index (κ2) is 14.8. The Morgan fingerprint density at radius 3 is 2.19 bits per heavy atom. The van der Waals surface area contributed by atoms with Crippen LogP contribution in [-0.4, -0.2) is 50.9 Å². The van der Waals surface area contributed by atoms with Crippen LogP contribution in [0.3, 0.4) is 0 Å². The number of hydrogen-bond donors (Lipinski definition) is 1. The predicted molar refractivity (Wildman–Crippen MR) is 162 cm³/mol. The molecular formula is C32H40FN3O5S. The van der Waals surface area contributed by atoms with Gasteiger partial charge in [0.2, 0.25) is 11.8 Å². The first-order valence-electron chi connectivity index (χ1n) is 14.1. The molecule has 8 nitrogen and oxygen atoms in total. The SMILES string of the molecule is CCOc1ccccc1N(CC(=O)N(Cc1ccc(F)cc1)[C@@H](CC)C(=O)NCC(C)C)S(=O)(=O)c1ccc(C)cc1. The van der Waals surface area contributed by atoms with E-state index in [0.29, 0.717) is 17.9 Å². The summed E-state index contributed by atoms with van der Waals surface area (Å²) in [6.07, 6.45) is 0.289. The highest BCUT2D eigenvalue weighted by Gasteiger charge is 2.34. The van der Waals surface area contributed by atoms with Crippen LogP contribution in [0, 0.1) is 18.7 Å². The number of nitrogens with one attached hydrogen (secondary N) is 1. The summed E-state index contributed by atoms with van der Waals surface area (Å²) in [7, 11) is -4.24. The number of carbonyl (C=O) groups is 2. The van der Waals surface area contributed by atoms with E-state index in [2.05, 4.69) is 5.32 Å². The van der Waals surface area contributed by atoms with Crippen molar-refractivity contribution in [1.82, 2.24) is 10.2 Å². The summed E-state index contributed by atoms with van der Waals surface area (Å²) in [6, 6.07) is 17.8. The van der Waals surface area contributed by atoms with Gasteiger partial charge in [0.25, 0.3) is 10.0 Å². The Balaban J connectivity index is 2.09. The van der Waals surface area contributed by atoms with Gasteiger partial charge in [-0.05, 0) is 68.1 Å². The second-order valence-corrected chi connectivity index (χ2v) is 12.3. The van der Waals surface area contributed by atoms with Gasteiger partial charge in [-0.1, -0.05) is 62.7 Å². The van der Waals surface area contributed by atoms with E-state index in [1.165, 1.54) is 29.2 Å². The van der Waals surface area contributed by atoms with E-state index in [0.717, 1.165) is 9.87 Å². The number of rotatable bonds is 14. The Kier molecular flexibility index (Phi) is 11.5. The van der Waals surface area contributed by atoms with E-state index in [1.54, 1.807) is 62.4 Å². The van der Waals surface area contributed by atoms with Crippen LogP contribution in [0.4, 0.5) is 10.1 Å². The van der Waals surface area contributed by atoms with Crippen molar-refractivity contribution in [2.75, 3.05) is 24.0 Å². The zero-order valence-corrected chi connectivity index (χ0v) is 25.7. The van der Waals surface area contributed by atoms with Gasteiger partial charge in [0.05, 0.1) is 17.2 Å². The maximum atomic E-state index is 14.2. The third-order valence-electron chi connectivity index (χ3n) is 6.66. The van der Waals surface area contributed by atoms with Gasteiger partial charge in [0, 0.05) is 13.1 Å². The van der Waals surface area contributed by atoms with Crippen molar-refractivity contribution < 1.29 is 27.1 Å². The van der Waals surface area contributed by atoms with Gasteiger partial charge in [-0.15, -0.1) is 0 Å². The van der Waals surface area contributed by atoms with Gasteiger partial charge in [-0.25, -0.2) is 12.8 Å². The fourth-order valence-corrected chi connectivity index (χ4v) is 5.84. The summed E-state index contributed by atoms with van der Waals surface area (Å²) < 4.78 is 48.6. The van der Waals surface area contributed by atoms with Crippen LogP contribution in [-0.2, 0) is 26.2 Å². The van der Waals surface area contributed by atoms with E-state index in [1.807, 2.05) is 20.8 Å². The summed E-state index contributed by atoms with van der Waals surface area (Å²) in [5.74, 6) is -0.869. The molecular weight excluding hydrogens is 557 g/mol. The van der Waals surface area contributed by atoms with Gasteiger partial charge >= 0.3 is 0 Å². The van der Waals surface area contributed by atoms with Crippen molar-refractivity contribution in [2.24, 2.45) is 5.92 Å². The zero-order valence-electron chi connectivity index (χ0n) is 24.8. The number of para-hydroxylation sites is 2. The third kappa shape index (κ3) is 8.31. The van der Waals surface area contributed by atoms with Crippen LogP contribution in [0.15, 0.2) is 77.7 Å². The van der Waals surface area contributed by atoms with Crippen molar-refractivity contribution in [3.05, 3.63) is 89.7 Å². The number of nitrogens with zero attached hydrogens (tertiary/aromatic N) is 2. The van der Waals surface area contributed by atoms with Gasteiger partial charge in [-0.2, -0.15) is 0 Å². The first kappa shape index (κ1) is 32.6. The first-order valence-corrected chi connectivity index (χ1v) is 15.5. The van der Waals surface area contributed by atoms with E-state index in [4.69, 9.17) is 4.74 Å². The second-order valence-electron chi connectivity index (χ2n) is 10.4. The number of anilines is 1. The Hall–Kier alpha value is -3.92. The number of hydrogen-bond acceptors (Lipinski definition) is 5. The zero-order chi connectivity index (χ0) is 30.9. The summed E-state index contributed by atoms with van der Waals surface area (Å²) in [5, 5.41) is 2.89. The molecule has 0 saturated heterocycles. The number of benzene rings is 3. The summed E-state index contributed by atoms with van der Waals surface area (Å²) in [5.41, 5.74) is 1.68. The minimum atomic E-state index is -4.24. The quantitative estimate of drug-likeness (QED) is 0.272. The maximum absolute atomic E-state index is 14.2. The minimum absolute atomic E-state index is 0.0130. The molecule has 3 aromatic rings. The topological polar surface area (TPSA) is 96.0 Å². The molecule has 42 heavy (non-hydrogen) atoms. The lowest BCUT2D eigenvalue weighted by molar-refractivity contribution is -0.140. The number of aryl methyl sites for hydroxylation is 1. The van der Waals surface area contributed by atoms with E-state index in [9.17, 15) is 22.4 Å². The molecule has 1 N–H and O–H groups in total. The number of ether oxygens (including phenoxy) is 1. The molecule has 10 heteroatoms. The average molecular weight is 598 g/mol. The first-order chi connectivity index (χ1) is 20.0. The fourth-order valence-electron chi connectivity index (χ4n) is 4.42. The molecule has 2 amide bonds. The highest BCUT2D eigenvalue weighted by atomic mass is 32.2. The van der Waals surface area contributed by atoms with E-state index >= 15 is 0 Å². The number of carbonyl (C=O) groups excluding carboxylic acids is 2. The van der Waals surface area contributed by atoms with Gasteiger partial charge in [0.1, 0.15) is 24.2 Å². The third-order valence-corrected chi connectivity index (χ3v) is 8.43. The molecule has 0 aromatic heterocycles. The van der Waals surface area contributed by atoms with Crippen LogP contribution in [0.25, 0.3) is 0 Å². The molecule has 1 atom stereocenters. The van der Waals surface area contributed by atoms with Crippen molar-refractivity contribution in [1.29, 1.82) is 0 Å². The van der Waals surface area contributed by atoms with Crippen molar-refractivity contribution in [3.8, 4) is 5.75 Å². The van der Waals surface area contributed by atoms with Gasteiger partial charge in [0.15, 0.2) is 0 Å². The Morgan fingerprint density at radius 2 is 1.60 bits per heavy atom. The molecule has 0 heterocycles. The lowest BCUT2D eigenvalue weighted by Crippen LogP contribution is -2.52. The minimum Gasteiger partial charge on any atom is -0.492 e. The van der Waals surface area contributed by atoms with Gasteiger partial charge in [-0.3, -0.25) is 13.9 Å². The monoisotopic (exact) mass is 597 g/mol. The van der Waals surface area contributed by atoms with Crippen LogP contribution in [0.2, 0.25) is 0 Å². The molecule has 0 bridgehead atoms. The fraction of sp³-hybridized carbons (Fsp3) is 0.375. The standard InChI is InChI=1S/C32H40FN3O5S/c1-6-28(32(38)34-20-23(3)4)35(21-25-14-16-26(33)17-15-25)31(37)22-36(29-10-8-9-11-30(29)41-7-2)42(39,40)27-18-12-24(5)13-19-27/h8-19,23,28H,6-7,20-22H2,1-5H3,(H,34,38)/t28-/m0/s1. The Bertz CT molecular complexity index is 1440. The molecule has 0 radical (unpaired) electrons. The number of halogens is 1. The maximum Gasteiger partial charge on any atom is 0.264 e. The Labute approximate surface area is 248 Å². The molecule has 0 aliphatic heterocycles. The molecule has 0 aliphatic carbocycles. The molecule has 226 valence electrons. The molecule has 3 rings (SSSR count). The van der Waals surface area contributed by atoms with Crippen LogP contribution in [0.5, 0.6) is 5.75 Å². The molecule has 0 aliphatic rings. The molecule has 0 fully saturated rings. The smallest absolute Gasteiger partial charge is 0.264 e. The van der Waals surface area contributed by atoms with Crippen LogP contribution >= 0.6 is 0 Å². The normalized spacial score (nSPS) is 12.1. The number of amides is 2. The highest BCUT2D eigenvalue weighted by molar-refractivity contribution is 7.92. The lowest BCUT2D eigenvalue weighted by Gasteiger charge is -2.33. The van der Waals surface area contributed by atoms with E-state index in [-0.39, 0.29) is 42.0 Å². The molecule has 3 aromatic carbocycles. The van der Waals surface area contributed by atoms with Crippen molar-refractivity contribution in [2.45, 2.75) is 58.5 Å². The van der Waals surface area contributed by atoms with Crippen LogP contribution in [0.1, 0.15) is 45.2 Å². The van der Waals surface area contributed by atoms with Gasteiger partial charge < -0.3 is 15.0 Å². The van der Waals surface area contributed by atoms with Crippen molar-refractivity contribution >= 4 is 27.5 Å². The Morgan fingerprint density at radius 1 is 0.952 bits per heavy atom. The van der Waals surface area contributed by atoms with Crippen LogP contribution < -0.4 is 14.4 Å². The molecule has 0 spiro atoms. The molecule has 0 unspecified atom stereocenters. The lowest BCUT2D eigenvalue weighted by atomic mass is 10.1. The summed E-state index contributed by atoms with van der Waals surface area (Å²) in [4.78, 5) is 28.8. The predicted octanol–water partition coefficient (Wildman–Crippen LogP) is 5.31. The van der Waals surface area contributed by atoms with E-state index < -0.39 is 34.3 Å².